The summed E-state index contributed by atoms with van der Waals surface area (Å²) in [5, 5.41) is 27.8. The van der Waals surface area contributed by atoms with Crippen molar-refractivity contribution in [1.82, 2.24) is 10.6 Å². The van der Waals surface area contributed by atoms with Crippen LogP contribution in [0.4, 0.5) is 0 Å². The van der Waals surface area contributed by atoms with Crippen LogP contribution >= 0.6 is 12.2 Å². The number of ether oxygens (including phenoxy) is 4. The van der Waals surface area contributed by atoms with Crippen molar-refractivity contribution in [2.75, 3.05) is 21.3 Å². The fourth-order valence-electron chi connectivity index (χ4n) is 4.77. The van der Waals surface area contributed by atoms with Crippen molar-refractivity contribution in [3.8, 4) is 34.5 Å². The summed E-state index contributed by atoms with van der Waals surface area (Å²) in [5.74, 6) is 1.01. The second kappa shape index (κ2) is 7.81. The van der Waals surface area contributed by atoms with Crippen molar-refractivity contribution in [2.45, 2.75) is 43.9 Å². The topological polar surface area (TPSA) is 101 Å². The fourth-order valence-corrected chi connectivity index (χ4v) is 5.23. The first-order valence-electron chi connectivity index (χ1n) is 10.3. The van der Waals surface area contributed by atoms with Gasteiger partial charge >= 0.3 is 0 Å². The van der Waals surface area contributed by atoms with E-state index in [4.69, 9.17) is 31.2 Å². The van der Waals surface area contributed by atoms with E-state index in [0.29, 0.717) is 35.2 Å². The lowest BCUT2D eigenvalue weighted by Gasteiger charge is -2.50. The quantitative estimate of drug-likeness (QED) is 0.404. The maximum absolute atomic E-state index is 10.7. The van der Waals surface area contributed by atoms with Gasteiger partial charge in [-0.3, -0.25) is 0 Å². The molecule has 4 rings (SSSR count). The highest BCUT2D eigenvalue weighted by atomic mass is 32.1. The molecule has 0 radical (unpaired) electrons. The van der Waals surface area contributed by atoms with Gasteiger partial charge in [-0.1, -0.05) is 6.07 Å². The first-order valence-corrected chi connectivity index (χ1v) is 10.7. The molecule has 2 aromatic rings. The molecular formula is C23H28N2O6S. The van der Waals surface area contributed by atoms with E-state index in [1.165, 1.54) is 6.07 Å². The van der Waals surface area contributed by atoms with Crippen LogP contribution in [0.1, 0.15) is 43.7 Å². The lowest BCUT2D eigenvalue weighted by molar-refractivity contribution is -0.0150. The van der Waals surface area contributed by atoms with Gasteiger partial charge in [-0.05, 0) is 49.8 Å². The number of benzene rings is 2. The van der Waals surface area contributed by atoms with Crippen LogP contribution in [0, 0.1) is 0 Å². The molecule has 9 heteroatoms. The summed E-state index contributed by atoms with van der Waals surface area (Å²) in [6.45, 7) is 4.08. The highest BCUT2D eigenvalue weighted by molar-refractivity contribution is 7.80. The third-order valence-corrected chi connectivity index (χ3v) is 6.16. The van der Waals surface area contributed by atoms with Crippen LogP contribution in [-0.4, -0.2) is 47.9 Å². The van der Waals surface area contributed by atoms with E-state index in [-0.39, 0.29) is 28.7 Å². The lowest BCUT2D eigenvalue weighted by atomic mass is 9.77. The Hall–Kier alpha value is -3.07. The number of phenolic OH excluding ortho intramolecular Hbond substituents is 2. The molecule has 1 saturated heterocycles. The van der Waals surface area contributed by atoms with Gasteiger partial charge in [0.15, 0.2) is 33.8 Å². The largest absolute Gasteiger partial charge is 0.504 e. The first-order chi connectivity index (χ1) is 15.1. The second-order valence-electron chi connectivity index (χ2n) is 8.80. The molecular weight excluding hydrogens is 432 g/mol. The Bertz CT molecular complexity index is 1050. The van der Waals surface area contributed by atoms with Gasteiger partial charge in [-0.15, -0.1) is 0 Å². The van der Waals surface area contributed by atoms with E-state index in [1.807, 2.05) is 26.0 Å². The van der Waals surface area contributed by atoms with Gasteiger partial charge in [0.1, 0.15) is 0 Å². The molecule has 2 atom stereocenters. The highest BCUT2D eigenvalue weighted by Crippen LogP contribution is 2.53. The number of thiocarbonyl (C=S) groups is 1. The summed E-state index contributed by atoms with van der Waals surface area (Å²) < 4.78 is 22.9. The Kier molecular flexibility index (Phi) is 5.40. The van der Waals surface area contributed by atoms with Gasteiger partial charge in [-0.2, -0.15) is 0 Å². The number of phenols is 2. The highest BCUT2D eigenvalue weighted by Gasteiger charge is 2.49. The fraction of sp³-hybridized carbons (Fsp3) is 0.435. The Morgan fingerprint density at radius 1 is 1.03 bits per heavy atom. The summed E-state index contributed by atoms with van der Waals surface area (Å²) in [4.78, 5) is 0. The van der Waals surface area contributed by atoms with E-state index < -0.39 is 5.72 Å². The van der Waals surface area contributed by atoms with Crippen molar-refractivity contribution in [1.29, 1.82) is 0 Å². The van der Waals surface area contributed by atoms with Gasteiger partial charge in [0.05, 0.1) is 21.3 Å². The average Bonchev–Trinajstić information content (AvgIpc) is 2.73. The van der Waals surface area contributed by atoms with E-state index >= 15 is 0 Å². The summed E-state index contributed by atoms with van der Waals surface area (Å²) in [6, 6.07) is 7.01. The Morgan fingerprint density at radius 2 is 1.69 bits per heavy atom. The molecule has 2 aromatic carbocycles. The molecule has 32 heavy (non-hydrogen) atoms. The van der Waals surface area contributed by atoms with Crippen molar-refractivity contribution >= 4 is 17.3 Å². The van der Waals surface area contributed by atoms with Crippen LogP contribution in [0.5, 0.6) is 34.5 Å². The van der Waals surface area contributed by atoms with E-state index in [1.54, 1.807) is 27.4 Å². The number of nitrogens with one attached hydrogen (secondary N) is 2. The van der Waals surface area contributed by atoms with Crippen LogP contribution < -0.4 is 29.6 Å². The molecule has 2 aliphatic rings. The molecule has 0 bridgehead atoms. The Labute approximate surface area is 192 Å². The van der Waals surface area contributed by atoms with Gasteiger partial charge in [0.2, 0.25) is 11.5 Å². The summed E-state index contributed by atoms with van der Waals surface area (Å²) in [6.07, 6.45) is 1.09. The minimum atomic E-state index is -0.894. The minimum absolute atomic E-state index is 0.219. The normalized spacial score (nSPS) is 23.4. The molecule has 2 aliphatic heterocycles. The van der Waals surface area contributed by atoms with Crippen LogP contribution in [0.2, 0.25) is 0 Å². The van der Waals surface area contributed by atoms with Crippen LogP contribution in [0.3, 0.4) is 0 Å². The standard InChI is InChI=1S/C23H28N2O6S/c1-22(2)11-23(25-21(32)24-22)10-14(13-6-7-15(26)18(27)19(13)31-23)12-8-16(28-3)20(30-5)17(9-12)29-4/h6-9,14,26-27H,10-11H2,1-5H3,(H2,24,25,32). The molecule has 1 spiro atoms. The number of aromatic hydroxyl groups is 2. The summed E-state index contributed by atoms with van der Waals surface area (Å²) in [5.41, 5.74) is 0.392. The van der Waals surface area contributed by atoms with Crippen molar-refractivity contribution in [3.05, 3.63) is 35.4 Å². The van der Waals surface area contributed by atoms with E-state index in [2.05, 4.69) is 10.6 Å². The molecule has 0 aliphatic carbocycles. The third kappa shape index (κ3) is 3.70. The molecule has 0 aromatic heterocycles. The van der Waals surface area contributed by atoms with E-state index in [0.717, 1.165) is 11.1 Å². The summed E-state index contributed by atoms with van der Waals surface area (Å²) in [7, 11) is 4.70. The molecule has 2 heterocycles. The summed E-state index contributed by atoms with van der Waals surface area (Å²) >= 11 is 5.46. The molecule has 0 saturated carbocycles. The maximum atomic E-state index is 10.7. The van der Waals surface area contributed by atoms with Gasteiger partial charge in [0.25, 0.3) is 0 Å². The van der Waals surface area contributed by atoms with Gasteiger partial charge in [0, 0.05) is 29.9 Å². The zero-order chi connectivity index (χ0) is 23.3. The lowest BCUT2D eigenvalue weighted by Crippen LogP contribution is -2.69. The number of methoxy groups -OCH3 is 3. The van der Waals surface area contributed by atoms with Crippen LogP contribution in [0.25, 0.3) is 0 Å². The van der Waals surface area contributed by atoms with Crippen molar-refractivity contribution in [3.63, 3.8) is 0 Å². The molecule has 172 valence electrons. The number of hydrogen-bond donors (Lipinski definition) is 4. The smallest absolute Gasteiger partial charge is 0.203 e. The monoisotopic (exact) mass is 460 g/mol. The predicted octanol–water partition coefficient (Wildman–Crippen LogP) is 3.38. The van der Waals surface area contributed by atoms with Crippen molar-refractivity contribution < 1.29 is 29.2 Å². The molecule has 0 amide bonds. The molecule has 4 N–H and O–H groups in total. The molecule has 1 fully saturated rings. The Balaban J connectivity index is 1.91. The SMILES string of the molecule is COc1cc(C2CC3(CC(C)(C)NC(=S)N3)Oc3c2ccc(O)c3O)cc(OC)c1OC. The van der Waals surface area contributed by atoms with E-state index in [9.17, 15) is 10.2 Å². The number of hydrogen-bond acceptors (Lipinski definition) is 7. The average molecular weight is 461 g/mol. The molecule has 2 unspecified atom stereocenters. The second-order valence-corrected chi connectivity index (χ2v) is 9.21. The van der Waals surface area contributed by atoms with Crippen molar-refractivity contribution in [2.24, 2.45) is 0 Å². The minimum Gasteiger partial charge on any atom is -0.504 e. The molecule has 8 nitrogen and oxygen atoms in total. The number of rotatable bonds is 4. The van der Waals surface area contributed by atoms with Crippen LogP contribution in [0.15, 0.2) is 24.3 Å². The third-order valence-electron chi connectivity index (χ3n) is 5.96. The zero-order valence-electron chi connectivity index (χ0n) is 18.7. The van der Waals surface area contributed by atoms with Gasteiger partial charge in [-0.25, -0.2) is 0 Å². The Morgan fingerprint density at radius 3 is 2.25 bits per heavy atom. The predicted molar refractivity (Wildman–Crippen MR) is 123 cm³/mol. The zero-order valence-corrected chi connectivity index (χ0v) is 19.6. The first kappa shape index (κ1) is 22.1. The maximum Gasteiger partial charge on any atom is 0.203 e. The number of fused-ring (bicyclic) bond motifs is 1. The van der Waals surface area contributed by atoms with Crippen LogP contribution in [-0.2, 0) is 0 Å². The van der Waals surface area contributed by atoms with Gasteiger partial charge < -0.3 is 39.8 Å².